The molecule has 1 heterocycles. The predicted molar refractivity (Wildman–Crippen MR) is 65.0 cm³/mol. The summed E-state index contributed by atoms with van der Waals surface area (Å²) in [5, 5.41) is 9.39. The standard InChI is InChI=1S/C11H16N2O3S/c1-8-4-9(12)6-11(5-8)17(15,16)13-3-2-10(14)7-13/h4-6,10,14H,2-3,7,12H2,1H3/t10-/m0/s1. The van der Waals surface area contributed by atoms with Crippen LogP contribution in [0.4, 0.5) is 5.69 Å². The van der Waals surface area contributed by atoms with Gasteiger partial charge in [-0.15, -0.1) is 0 Å². The lowest BCUT2D eigenvalue weighted by Gasteiger charge is -2.16. The van der Waals surface area contributed by atoms with Crippen LogP contribution >= 0.6 is 0 Å². The number of anilines is 1. The molecular formula is C11H16N2O3S. The third-order valence-corrected chi connectivity index (χ3v) is 4.68. The van der Waals surface area contributed by atoms with Crippen molar-refractivity contribution in [1.29, 1.82) is 0 Å². The van der Waals surface area contributed by atoms with E-state index in [2.05, 4.69) is 0 Å². The van der Waals surface area contributed by atoms with Crippen molar-refractivity contribution in [2.24, 2.45) is 0 Å². The molecule has 5 nitrogen and oxygen atoms in total. The highest BCUT2D eigenvalue weighted by molar-refractivity contribution is 7.89. The molecule has 1 aromatic carbocycles. The number of nitrogens with zero attached hydrogens (tertiary/aromatic N) is 1. The van der Waals surface area contributed by atoms with Gasteiger partial charge in [-0.25, -0.2) is 8.42 Å². The third kappa shape index (κ3) is 2.43. The van der Waals surface area contributed by atoms with Crippen LogP contribution < -0.4 is 5.73 Å². The minimum absolute atomic E-state index is 0.163. The summed E-state index contributed by atoms with van der Waals surface area (Å²) in [6, 6.07) is 4.77. The summed E-state index contributed by atoms with van der Waals surface area (Å²) in [6.07, 6.45) is -0.0764. The number of aryl methyl sites for hydroxylation is 1. The molecule has 0 unspecified atom stereocenters. The van der Waals surface area contributed by atoms with Crippen LogP contribution in [0.2, 0.25) is 0 Å². The van der Waals surface area contributed by atoms with E-state index >= 15 is 0 Å². The summed E-state index contributed by atoms with van der Waals surface area (Å²) in [4.78, 5) is 0.198. The fourth-order valence-electron chi connectivity index (χ4n) is 2.00. The molecule has 0 radical (unpaired) electrons. The lowest BCUT2D eigenvalue weighted by atomic mass is 10.2. The summed E-state index contributed by atoms with van der Waals surface area (Å²) < 4.78 is 25.8. The van der Waals surface area contributed by atoms with Gasteiger partial charge in [-0.2, -0.15) is 4.31 Å². The van der Waals surface area contributed by atoms with Gasteiger partial charge in [0.05, 0.1) is 11.0 Å². The topological polar surface area (TPSA) is 83.6 Å². The largest absolute Gasteiger partial charge is 0.399 e. The molecule has 3 N–H and O–H groups in total. The van der Waals surface area contributed by atoms with Crippen LogP contribution in [0.3, 0.4) is 0 Å². The Morgan fingerprint density at radius 3 is 2.65 bits per heavy atom. The van der Waals surface area contributed by atoms with E-state index in [-0.39, 0.29) is 11.4 Å². The van der Waals surface area contributed by atoms with E-state index in [1.807, 2.05) is 0 Å². The highest BCUT2D eigenvalue weighted by Crippen LogP contribution is 2.23. The summed E-state index contributed by atoms with van der Waals surface area (Å²) in [5.74, 6) is 0. The number of nitrogens with two attached hydrogens (primary N) is 1. The normalized spacial score (nSPS) is 21.9. The van der Waals surface area contributed by atoms with Crippen LogP contribution in [0.25, 0.3) is 0 Å². The Kier molecular flexibility index (Phi) is 3.11. The van der Waals surface area contributed by atoms with Gasteiger partial charge in [0.1, 0.15) is 0 Å². The second kappa shape index (κ2) is 4.29. The van der Waals surface area contributed by atoms with E-state index < -0.39 is 16.1 Å². The second-order valence-electron chi connectivity index (χ2n) is 4.38. The van der Waals surface area contributed by atoms with Crippen molar-refractivity contribution in [3.8, 4) is 0 Å². The van der Waals surface area contributed by atoms with Crippen LogP contribution in [-0.2, 0) is 10.0 Å². The minimum Gasteiger partial charge on any atom is -0.399 e. The van der Waals surface area contributed by atoms with Gasteiger partial charge in [0.15, 0.2) is 0 Å². The molecule has 0 aromatic heterocycles. The van der Waals surface area contributed by atoms with E-state index in [4.69, 9.17) is 5.73 Å². The maximum absolute atomic E-state index is 12.2. The number of β-amino-alcohol motifs (C(OH)–C–C–N with tert-alkyl or cyclic N) is 1. The zero-order chi connectivity index (χ0) is 12.6. The molecule has 1 atom stereocenters. The average molecular weight is 256 g/mol. The zero-order valence-electron chi connectivity index (χ0n) is 9.63. The van der Waals surface area contributed by atoms with Gasteiger partial charge in [-0.3, -0.25) is 0 Å². The number of aliphatic hydroxyl groups is 1. The van der Waals surface area contributed by atoms with Gasteiger partial charge < -0.3 is 10.8 Å². The van der Waals surface area contributed by atoms with Crippen molar-refractivity contribution >= 4 is 15.7 Å². The van der Waals surface area contributed by atoms with Gasteiger partial charge >= 0.3 is 0 Å². The number of hydrogen-bond acceptors (Lipinski definition) is 4. The number of sulfonamides is 1. The molecule has 94 valence electrons. The molecule has 0 saturated carbocycles. The maximum Gasteiger partial charge on any atom is 0.243 e. The Morgan fingerprint density at radius 2 is 2.12 bits per heavy atom. The SMILES string of the molecule is Cc1cc(N)cc(S(=O)(=O)N2CC[C@H](O)C2)c1. The second-order valence-corrected chi connectivity index (χ2v) is 6.32. The first-order valence-corrected chi connectivity index (χ1v) is 6.89. The monoisotopic (exact) mass is 256 g/mol. The quantitative estimate of drug-likeness (QED) is 0.747. The number of benzene rings is 1. The van der Waals surface area contributed by atoms with Gasteiger partial charge in [0, 0.05) is 18.8 Å². The van der Waals surface area contributed by atoms with E-state index in [1.54, 1.807) is 19.1 Å². The molecule has 0 spiro atoms. The molecule has 17 heavy (non-hydrogen) atoms. The van der Waals surface area contributed by atoms with E-state index in [0.29, 0.717) is 18.7 Å². The number of nitrogen functional groups attached to an aromatic ring is 1. The van der Waals surface area contributed by atoms with Gasteiger partial charge in [-0.1, -0.05) is 0 Å². The zero-order valence-corrected chi connectivity index (χ0v) is 10.4. The lowest BCUT2D eigenvalue weighted by molar-refractivity contribution is 0.189. The Labute approximate surface area is 101 Å². The Hall–Kier alpha value is -1.11. The van der Waals surface area contributed by atoms with Gasteiger partial charge in [0.2, 0.25) is 10.0 Å². The van der Waals surface area contributed by atoms with E-state index in [0.717, 1.165) is 5.56 Å². The molecule has 1 aliphatic heterocycles. The third-order valence-electron chi connectivity index (χ3n) is 2.84. The summed E-state index contributed by atoms with van der Waals surface area (Å²) in [5.41, 5.74) is 6.89. The molecule has 2 rings (SSSR count). The van der Waals surface area contributed by atoms with Crippen molar-refractivity contribution in [1.82, 2.24) is 4.31 Å². The van der Waals surface area contributed by atoms with Crippen LogP contribution in [-0.4, -0.2) is 37.0 Å². The van der Waals surface area contributed by atoms with Gasteiger partial charge in [0.25, 0.3) is 0 Å². The summed E-state index contributed by atoms with van der Waals surface area (Å²) in [6.45, 7) is 2.32. The molecule has 6 heteroatoms. The van der Waals surface area contributed by atoms with Crippen LogP contribution in [0.15, 0.2) is 23.1 Å². The maximum atomic E-state index is 12.2. The molecule has 0 bridgehead atoms. The molecule has 0 aliphatic carbocycles. The number of rotatable bonds is 2. The first kappa shape index (κ1) is 12.3. The van der Waals surface area contributed by atoms with Crippen molar-refractivity contribution in [3.05, 3.63) is 23.8 Å². The smallest absolute Gasteiger partial charge is 0.243 e. The van der Waals surface area contributed by atoms with E-state index in [1.165, 1.54) is 10.4 Å². The van der Waals surface area contributed by atoms with Crippen molar-refractivity contribution < 1.29 is 13.5 Å². The molecule has 1 saturated heterocycles. The Balaban J connectivity index is 2.38. The van der Waals surface area contributed by atoms with Crippen LogP contribution in [0.5, 0.6) is 0 Å². The van der Waals surface area contributed by atoms with E-state index in [9.17, 15) is 13.5 Å². The van der Waals surface area contributed by atoms with Crippen LogP contribution in [0, 0.1) is 6.92 Å². The van der Waals surface area contributed by atoms with Gasteiger partial charge in [-0.05, 0) is 37.1 Å². The first-order chi connectivity index (χ1) is 7.89. The Bertz CT molecular complexity index is 507. The van der Waals surface area contributed by atoms with Crippen LogP contribution in [0.1, 0.15) is 12.0 Å². The highest BCUT2D eigenvalue weighted by Gasteiger charge is 2.31. The molecule has 1 aromatic rings. The molecular weight excluding hydrogens is 240 g/mol. The highest BCUT2D eigenvalue weighted by atomic mass is 32.2. The summed E-state index contributed by atoms with van der Waals surface area (Å²) >= 11 is 0. The fraction of sp³-hybridized carbons (Fsp3) is 0.455. The first-order valence-electron chi connectivity index (χ1n) is 5.45. The minimum atomic E-state index is -3.52. The van der Waals surface area contributed by atoms with Crippen molar-refractivity contribution in [3.63, 3.8) is 0 Å². The Morgan fingerprint density at radius 1 is 1.41 bits per heavy atom. The molecule has 0 amide bonds. The van der Waals surface area contributed by atoms with Crippen molar-refractivity contribution in [2.45, 2.75) is 24.3 Å². The fourth-order valence-corrected chi connectivity index (χ4v) is 3.64. The number of aliphatic hydroxyl groups excluding tert-OH is 1. The number of hydrogen-bond donors (Lipinski definition) is 2. The average Bonchev–Trinajstić information content (AvgIpc) is 2.64. The summed E-state index contributed by atoms with van der Waals surface area (Å²) in [7, 11) is -3.52. The molecule has 1 aliphatic rings. The predicted octanol–water partition coefficient (Wildman–Crippen LogP) is 0.333. The van der Waals surface area contributed by atoms with Crippen molar-refractivity contribution in [2.75, 3.05) is 18.8 Å². The lowest BCUT2D eigenvalue weighted by Crippen LogP contribution is -2.29. The molecule has 1 fully saturated rings.